The predicted octanol–water partition coefficient (Wildman–Crippen LogP) is 2.65. The van der Waals surface area contributed by atoms with Gasteiger partial charge in [-0.25, -0.2) is 4.98 Å². The predicted molar refractivity (Wildman–Crippen MR) is 66.4 cm³/mol. The fraction of sp³-hybridized carbons (Fsp3) is 0.400. The van der Waals surface area contributed by atoms with Crippen molar-refractivity contribution in [3.8, 4) is 0 Å². The topological polar surface area (TPSA) is 33.2 Å². The number of anilines is 1. The summed E-state index contributed by atoms with van der Waals surface area (Å²) in [5.41, 5.74) is 1.07. The van der Waals surface area contributed by atoms with E-state index in [0.717, 1.165) is 16.0 Å². The molecule has 5 heteroatoms. The van der Waals surface area contributed by atoms with Crippen molar-refractivity contribution in [2.75, 3.05) is 11.4 Å². The zero-order chi connectivity index (χ0) is 11.0. The molecule has 15 heavy (non-hydrogen) atoms. The van der Waals surface area contributed by atoms with Crippen LogP contribution in [0.1, 0.15) is 12.0 Å². The fourth-order valence-electron chi connectivity index (χ4n) is 1.53. The molecule has 0 radical (unpaired) electrons. The number of carbonyl (C=O) groups is 1. The zero-order valence-electron chi connectivity index (χ0n) is 8.20. The summed E-state index contributed by atoms with van der Waals surface area (Å²) in [5, 5.41) is 0. The number of rotatable bonds is 1. The first-order chi connectivity index (χ1) is 7.08. The third kappa shape index (κ3) is 2.23. The molecule has 0 bridgehead atoms. The van der Waals surface area contributed by atoms with E-state index in [-0.39, 0.29) is 10.7 Å². The van der Waals surface area contributed by atoms with Gasteiger partial charge in [0.1, 0.15) is 10.4 Å². The first kappa shape index (κ1) is 11.1. The standard InChI is InChI=1S/C10H10Br2N2O/c1-6-2-3-8(13-10(6)12)14-5-7(11)4-9(14)15/h2-3,7H,4-5H2,1H3. The second-order valence-electron chi connectivity index (χ2n) is 3.58. The van der Waals surface area contributed by atoms with Crippen LogP contribution < -0.4 is 4.90 Å². The zero-order valence-corrected chi connectivity index (χ0v) is 11.4. The lowest BCUT2D eigenvalue weighted by Crippen LogP contribution is -2.25. The molecule has 1 aliphatic heterocycles. The average Bonchev–Trinajstić information content (AvgIpc) is 2.50. The molecule has 3 nitrogen and oxygen atoms in total. The molecule has 80 valence electrons. The summed E-state index contributed by atoms with van der Waals surface area (Å²) in [6, 6.07) is 3.84. The molecule has 1 aromatic rings. The van der Waals surface area contributed by atoms with Gasteiger partial charge < -0.3 is 0 Å². The summed E-state index contributed by atoms with van der Waals surface area (Å²) in [6.45, 7) is 2.67. The third-order valence-electron chi connectivity index (χ3n) is 2.37. The van der Waals surface area contributed by atoms with Crippen molar-refractivity contribution >= 4 is 43.6 Å². The van der Waals surface area contributed by atoms with Crippen LogP contribution in [0.15, 0.2) is 16.7 Å². The molecule has 0 aromatic carbocycles. The van der Waals surface area contributed by atoms with Crippen LogP contribution in [-0.2, 0) is 4.79 Å². The number of carbonyl (C=O) groups excluding carboxylic acids is 1. The first-order valence-corrected chi connectivity index (χ1v) is 6.36. The molecule has 0 N–H and O–H groups in total. The number of aryl methyl sites for hydroxylation is 1. The summed E-state index contributed by atoms with van der Waals surface area (Å²) < 4.78 is 0.797. The van der Waals surface area contributed by atoms with Crippen LogP contribution in [0.3, 0.4) is 0 Å². The van der Waals surface area contributed by atoms with Gasteiger partial charge in [0.15, 0.2) is 0 Å². The van der Waals surface area contributed by atoms with Gasteiger partial charge in [0.05, 0.1) is 0 Å². The van der Waals surface area contributed by atoms with Gasteiger partial charge in [0.25, 0.3) is 0 Å². The van der Waals surface area contributed by atoms with E-state index in [1.807, 2.05) is 19.1 Å². The summed E-state index contributed by atoms with van der Waals surface area (Å²) in [6.07, 6.45) is 0.549. The van der Waals surface area contributed by atoms with Crippen molar-refractivity contribution in [3.05, 3.63) is 22.3 Å². The van der Waals surface area contributed by atoms with Gasteiger partial charge in [-0.05, 0) is 34.5 Å². The second kappa shape index (κ2) is 4.22. The summed E-state index contributed by atoms with van der Waals surface area (Å²) in [4.78, 5) is 17.9. The van der Waals surface area contributed by atoms with Crippen LogP contribution in [0.5, 0.6) is 0 Å². The van der Waals surface area contributed by atoms with E-state index in [9.17, 15) is 4.79 Å². The van der Waals surface area contributed by atoms with E-state index < -0.39 is 0 Å². The molecule has 1 unspecified atom stereocenters. The number of nitrogens with zero attached hydrogens (tertiary/aromatic N) is 2. The van der Waals surface area contributed by atoms with Gasteiger partial charge in [-0.1, -0.05) is 22.0 Å². The number of alkyl halides is 1. The molecule has 0 saturated carbocycles. The van der Waals surface area contributed by atoms with Crippen LogP contribution in [0, 0.1) is 6.92 Å². The van der Waals surface area contributed by atoms with E-state index >= 15 is 0 Å². The average molecular weight is 334 g/mol. The van der Waals surface area contributed by atoms with Crippen molar-refractivity contribution in [3.63, 3.8) is 0 Å². The lowest BCUT2D eigenvalue weighted by molar-refractivity contribution is -0.117. The minimum absolute atomic E-state index is 0.125. The molecule has 2 rings (SSSR count). The number of hydrogen-bond acceptors (Lipinski definition) is 2. The molecule has 1 saturated heterocycles. The maximum atomic E-state index is 11.6. The molecule has 1 aliphatic rings. The Morgan fingerprint density at radius 3 is 2.80 bits per heavy atom. The van der Waals surface area contributed by atoms with Crippen LogP contribution in [0.2, 0.25) is 0 Å². The molecule has 1 fully saturated rings. The number of hydrogen-bond donors (Lipinski definition) is 0. The van der Waals surface area contributed by atoms with Crippen LogP contribution in [0.4, 0.5) is 5.82 Å². The normalized spacial score (nSPS) is 21.1. The number of aromatic nitrogens is 1. The second-order valence-corrected chi connectivity index (χ2v) is 5.63. The summed E-state index contributed by atoms with van der Waals surface area (Å²) in [7, 11) is 0. The summed E-state index contributed by atoms with van der Waals surface area (Å²) >= 11 is 6.81. The van der Waals surface area contributed by atoms with Gasteiger partial charge in [0.2, 0.25) is 5.91 Å². The lowest BCUT2D eigenvalue weighted by Gasteiger charge is -2.15. The highest BCUT2D eigenvalue weighted by Crippen LogP contribution is 2.25. The Morgan fingerprint density at radius 1 is 1.53 bits per heavy atom. The quantitative estimate of drug-likeness (QED) is 0.584. The number of amides is 1. The Morgan fingerprint density at radius 2 is 2.27 bits per heavy atom. The molecule has 0 aliphatic carbocycles. The van der Waals surface area contributed by atoms with E-state index in [2.05, 4.69) is 36.8 Å². The molecular formula is C10H10Br2N2O. The van der Waals surface area contributed by atoms with Gasteiger partial charge in [-0.15, -0.1) is 0 Å². The van der Waals surface area contributed by atoms with Crippen LogP contribution in [0.25, 0.3) is 0 Å². The van der Waals surface area contributed by atoms with Crippen molar-refractivity contribution in [1.82, 2.24) is 4.98 Å². The largest absolute Gasteiger partial charge is 0.296 e. The lowest BCUT2D eigenvalue weighted by atomic mass is 10.3. The minimum Gasteiger partial charge on any atom is -0.296 e. The molecule has 0 spiro atoms. The van der Waals surface area contributed by atoms with E-state index in [4.69, 9.17) is 0 Å². The highest BCUT2D eigenvalue weighted by Gasteiger charge is 2.29. The SMILES string of the molecule is Cc1ccc(N2CC(Br)CC2=O)nc1Br. The Labute approximate surface area is 105 Å². The number of pyridine rings is 1. The minimum atomic E-state index is 0.125. The Hall–Kier alpha value is -0.420. The third-order valence-corrected chi connectivity index (χ3v) is 3.79. The maximum Gasteiger partial charge on any atom is 0.229 e. The van der Waals surface area contributed by atoms with Gasteiger partial charge in [-0.3, -0.25) is 9.69 Å². The monoisotopic (exact) mass is 332 g/mol. The maximum absolute atomic E-state index is 11.6. The molecule has 1 amide bonds. The molecule has 2 heterocycles. The molecule has 1 aromatic heterocycles. The van der Waals surface area contributed by atoms with Crippen molar-refractivity contribution in [2.24, 2.45) is 0 Å². The van der Waals surface area contributed by atoms with Crippen molar-refractivity contribution in [1.29, 1.82) is 0 Å². The Balaban J connectivity index is 2.30. The highest BCUT2D eigenvalue weighted by molar-refractivity contribution is 9.10. The van der Waals surface area contributed by atoms with E-state index in [1.54, 1.807) is 4.90 Å². The molecular weight excluding hydrogens is 324 g/mol. The molecule has 1 atom stereocenters. The number of halogens is 2. The van der Waals surface area contributed by atoms with Crippen molar-refractivity contribution < 1.29 is 4.79 Å². The van der Waals surface area contributed by atoms with Gasteiger partial charge >= 0.3 is 0 Å². The van der Waals surface area contributed by atoms with Gasteiger partial charge in [-0.2, -0.15) is 0 Å². The van der Waals surface area contributed by atoms with Crippen LogP contribution in [-0.4, -0.2) is 22.3 Å². The van der Waals surface area contributed by atoms with E-state index in [1.165, 1.54) is 0 Å². The fourth-order valence-corrected chi connectivity index (χ4v) is 2.41. The van der Waals surface area contributed by atoms with Gasteiger partial charge in [0, 0.05) is 17.8 Å². The highest BCUT2D eigenvalue weighted by atomic mass is 79.9. The van der Waals surface area contributed by atoms with E-state index in [0.29, 0.717) is 13.0 Å². The first-order valence-electron chi connectivity index (χ1n) is 4.65. The van der Waals surface area contributed by atoms with Crippen LogP contribution >= 0.6 is 31.9 Å². The Kier molecular flexibility index (Phi) is 3.11. The smallest absolute Gasteiger partial charge is 0.229 e. The van der Waals surface area contributed by atoms with Crippen molar-refractivity contribution in [2.45, 2.75) is 18.2 Å². The Bertz CT molecular complexity index is 408. The summed E-state index contributed by atoms with van der Waals surface area (Å²) in [5.74, 6) is 0.847.